The molecule has 2 aliphatic heterocycles. The van der Waals surface area contributed by atoms with Crippen LogP contribution in [0, 0.1) is 5.82 Å². The Labute approximate surface area is 187 Å². The van der Waals surface area contributed by atoms with Gasteiger partial charge in [0, 0.05) is 26.1 Å². The highest BCUT2D eigenvalue weighted by Gasteiger charge is 2.45. The van der Waals surface area contributed by atoms with Crippen LogP contribution in [0.1, 0.15) is 18.4 Å². The first-order valence-electron chi connectivity index (χ1n) is 10.1. The Morgan fingerprint density at radius 2 is 1.94 bits per heavy atom. The van der Waals surface area contributed by atoms with Crippen molar-refractivity contribution in [3.63, 3.8) is 0 Å². The molecule has 1 spiro atoms. The topological polar surface area (TPSA) is 96.8 Å². The summed E-state index contributed by atoms with van der Waals surface area (Å²) in [5, 5.41) is 10.4. The number of alkyl halides is 3. The summed E-state index contributed by atoms with van der Waals surface area (Å²) in [6.45, 7) is 3.47. The minimum Gasteiger partial charge on any atom is -0.497 e. The molecule has 0 bridgehead atoms. The summed E-state index contributed by atoms with van der Waals surface area (Å²) in [5.41, 5.74) is 1.17. The van der Waals surface area contributed by atoms with Crippen LogP contribution in [0.2, 0.25) is 0 Å². The van der Waals surface area contributed by atoms with Gasteiger partial charge in [-0.2, -0.15) is 13.2 Å². The molecule has 2 unspecified atom stereocenters. The summed E-state index contributed by atoms with van der Waals surface area (Å²) in [4.78, 5) is 19.3. The van der Waals surface area contributed by atoms with Crippen molar-refractivity contribution < 1.29 is 36.9 Å². The van der Waals surface area contributed by atoms with E-state index in [0.29, 0.717) is 12.6 Å². The molecular weight excluding hydrogens is 448 g/mol. The van der Waals surface area contributed by atoms with Crippen LogP contribution in [-0.2, 0) is 16.1 Å². The molecule has 180 valence electrons. The number of rotatable bonds is 5. The van der Waals surface area contributed by atoms with Crippen LogP contribution in [0.3, 0.4) is 0 Å². The molecule has 2 atom stereocenters. The van der Waals surface area contributed by atoms with Gasteiger partial charge < -0.3 is 19.9 Å². The van der Waals surface area contributed by atoms with E-state index in [1.54, 1.807) is 7.11 Å². The lowest BCUT2D eigenvalue weighted by Crippen LogP contribution is -2.33. The van der Waals surface area contributed by atoms with Crippen molar-refractivity contribution in [3.8, 4) is 5.75 Å². The number of carboxylic acid groups (broad SMARTS) is 1. The number of hydrogen-bond donors (Lipinski definition) is 2. The number of anilines is 1. The predicted octanol–water partition coefficient (Wildman–Crippen LogP) is 3.10. The first-order chi connectivity index (χ1) is 15.6. The Kier molecular flexibility index (Phi) is 7.69. The molecule has 0 aliphatic carbocycles. The molecule has 1 aromatic heterocycles. The fourth-order valence-corrected chi connectivity index (χ4v) is 3.84. The monoisotopic (exact) mass is 472 g/mol. The average Bonchev–Trinajstić information content (AvgIpc) is 3.35. The van der Waals surface area contributed by atoms with Crippen molar-refractivity contribution in [2.45, 2.75) is 37.2 Å². The Morgan fingerprint density at radius 3 is 2.52 bits per heavy atom. The van der Waals surface area contributed by atoms with Crippen LogP contribution in [0.15, 0.2) is 36.7 Å². The van der Waals surface area contributed by atoms with E-state index in [4.69, 9.17) is 19.4 Å². The lowest BCUT2D eigenvalue weighted by atomic mass is 9.97. The second-order valence-electron chi connectivity index (χ2n) is 7.88. The van der Waals surface area contributed by atoms with Crippen LogP contribution in [0.5, 0.6) is 5.75 Å². The lowest BCUT2D eigenvalue weighted by molar-refractivity contribution is -0.192. The van der Waals surface area contributed by atoms with Gasteiger partial charge in [0.05, 0.1) is 37.8 Å². The second-order valence-corrected chi connectivity index (χ2v) is 7.88. The Hall–Kier alpha value is -2.99. The van der Waals surface area contributed by atoms with E-state index < -0.39 is 18.0 Å². The minimum absolute atomic E-state index is 0.107. The maximum absolute atomic E-state index is 12.9. The van der Waals surface area contributed by atoms with Gasteiger partial charge in [0.15, 0.2) is 5.82 Å². The van der Waals surface area contributed by atoms with E-state index in [9.17, 15) is 17.6 Å². The molecule has 4 rings (SSSR count). The number of nitrogens with zero attached hydrogens (tertiary/aromatic N) is 3. The molecule has 2 aliphatic rings. The lowest BCUT2D eigenvalue weighted by Gasteiger charge is -2.23. The molecule has 0 saturated carbocycles. The number of nitrogens with one attached hydrogen (secondary N) is 1. The smallest absolute Gasteiger partial charge is 0.490 e. The quantitative estimate of drug-likeness (QED) is 0.641. The molecular formula is C21H24F4N4O4. The predicted molar refractivity (Wildman–Crippen MR) is 109 cm³/mol. The highest BCUT2D eigenvalue weighted by molar-refractivity contribution is 5.73. The third-order valence-corrected chi connectivity index (χ3v) is 5.37. The normalized spacial score (nSPS) is 22.6. The van der Waals surface area contributed by atoms with E-state index in [1.165, 1.54) is 18.0 Å². The van der Waals surface area contributed by atoms with Gasteiger partial charge in [-0.1, -0.05) is 12.1 Å². The molecule has 33 heavy (non-hydrogen) atoms. The minimum atomic E-state index is -5.08. The van der Waals surface area contributed by atoms with Crippen LogP contribution >= 0.6 is 0 Å². The van der Waals surface area contributed by atoms with Gasteiger partial charge in [-0.25, -0.2) is 19.2 Å². The fraction of sp³-hybridized carbons (Fsp3) is 0.476. The standard InChI is InChI=1S/C19H23FN4O2.C2HF3O2/c1-25-17-4-2-14(3-5-17)11-24-7-6-19(13-24)8-16(12-26-19)23-18-21-9-15(20)10-22-18;3-2(4,5)1(6)7/h2-5,9-10,16H,6-8,11-13H2,1H3,(H,21,22,23);(H,6,7). The molecule has 2 fully saturated rings. The number of carboxylic acids is 1. The Morgan fingerprint density at radius 1 is 1.30 bits per heavy atom. The van der Waals surface area contributed by atoms with Gasteiger partial charge in [-0.15, -0.1) is 0 Å². The molecule has 2 N–H and O–H groups in total. The van der Waals surface area contributed by atoms with Crippen molar-refractivity contribution in [3.05, 3.63) is 48.0 Å². The van der Waals surface area contributed by atoms with E-state index in [2.05, 4.69) is 32.3 Å². The fourth-order valence-electron chi connectivity index (χ4n) is 3.84. The number of ether oxygens (including phenoxy) is 2. The van der Waals surface area contributed by atoms with Crippen molar-refractivity contribution in [2.75, 3.05) is 32.1 Å². The molecule has 8 nitrogen and oxygen atoms in total. The average molecular weight is 472 g/mol. The van der Waals surface area contributed by atoms with Crippen LogP contribution in [-0.4, -0.2) is 70.6 Å². The largest absolute Gasteiger partial charge is 0.497 e. The first kappa shape index (κ1) is 24.6. The molecule has 1 aromatic carbocycles. The maximum Gasteiger partial charge on any atom is 0.490 e. The molecule has 0 amide bonds. The zero-order chi connectivity index (χ0) is 24.1. The highest BCUT2D eigenvalue weighted by atomic mass is 19.4. The van der Waals surface area contributed by atoms with Gasteiger partial charge in [0.1, 0.15) is 5.75 Å². The first-order valence-corrected chi connectivity index (χ1v) is 10.1. The number of hydrogen-bond acceptors (Lipinski definition) is 7. The number of carbonyl (C=O) groups is 1. The van der Waals surface area contributed by atoms with E-state index >= 15 is 0 Å². The number of methoxy groups -OCH3 is 1. The van der Waals surface area contributed by atoms with Crippen LogP contribution in [0.4, 0.5) is 23.5 Å². The Bertz CT molecular complexity index is 927. The summed E-state index contributed by atoms with van der Waals surface area (Å²) in [6, 6.07) is 8.36. The molecule has 12 heteroatoms. The summed E-state index contributed by atoms with van der Waals surface area (Å²) in [5.74, 6) is -1.86. The zero-order valence-corrected chi connectivity index (χ0v) is 17.8. The SMILES string of the molecule is COc1ccc(CN2CCC3(CC(Nc4ncc(F)cn4)CO3)C2)cc1.O=C(O)C(F)(F)F. The van der Waals surface area contributed by atoms with E-state index in [0.717, 1.165) is 38.2 Å². The molecule has 2 saturated heterocycles. The van der Waals surface area contributed by atoms with Crippen LogP contribution in [0.25, 0.3) is 0 Å². The molecule has 0 radical (unpaired) electrons. The molecule has 3 heterocycles. The summed E-state index contributed by atoms with van der Waals surface area (Å²) >= 11 is 0. The van der Waals surface area contributed by atoms with Crippen molar-refractivity contribution in [1.29, 1.82) is 0 Å². The zero-order valence-electron chi connectivity index (χ0n) is 17.8. The third kappa shape index (κ3) is 6.99. The summed E-state index contributed by atoms with van der Waals surface area (Å²) in [7, 11) is 1.68. The molecule has 2 aromatic rings. The third-order valence-electron chi connectivity index (χ3n) is 5.37. The number of benzene rings is 1. The van der Waals surface area contributed by atoms with Crippen molar-refractivity contribution >= 4 is 11.9 Å². The highest BCUT2D eigenvalue weighted by Crippen LogP contribution is 2.36. The van der Waals surface area contributed by atoms with Gasteiger partial charge in [0.25, 0.3) is 0 Å². The van der Waals surface area contributed by atoms with E-state index in [-0.39, 0.29) is 11.6 Å². The van der Waals surface area contributed by atoms with E-state index in [1.807, 2.05) is 12.1 Å². The van der Waals surface area contributed by atoms with Gasteiger partial charge in [-0.05, 0) is 24.1 Å². The number of aliphatic carboxylic acids is 1. The van der Waals surface area contributed by atoms with Gasteiger partial charge in [0.2, 0.25) is 5.95 Å². The Balaban J connectivity index is 0.000000383. The van der Waals surface area contributed by atoms with Crippen molar-refractivity contribution in [1.82, 2.24) is 14.9 Å². The van der Waals surface area contributed by atoms with Crippen LogP contribution < -0.4 is 10.1 Å². The number of likely N-dealkylation sites (tertiary alicyclic amines) is 1. The second kappa shape index (κ2) is 10.3. The maximum atomic E-state index is 12.9. The van der Waals surface area contributed by atoms with Crippen molar-refractivity contribution in [2.24, 2.45) is 0 Å². The number of aromatic nitrogens is 2. The van der Waals surface area contributed by atoms with Gasteiger partial charge in [-0.3, -0.25) is 4.90 Å². The summed E-state index contributed by atoms with van der Waals surface area (Å²) < 4.78 is 56.0. The van der Waals surface area contributed by atoms with Gasteiger partial charge >= 0.3 is 12.1 Å². The summed E-state index contributed by atoms with van der Waals surface area (Å²) in [6.07, 6.45) is -0.807. The number of halogens is 4.